The number of hydrogen-bond acceptors (Lipinski definition) is 7. The second-order valence-electron chi connectivity index (χ2n) is 9.31. The minimum atomic E-state index is 0.353. The van der Waals surface area contributed by atoms with Crippen molar-refractivity contribution in [3.8, 4) is 0 Å². The summed E-state index contributed by atoms with van der Waals surface area (Å²) >= 11 is 5.94. The van der Waals surface area contributed by atoms with Crippen molar-refractivity contribution in [2.24, 2.45) is 0 Å². The molecule has 6 rings (SSSR count). The topological polar surface area (TPSA) is 64.5 Å². The van der Waals surface area contributed by atoms with E-state index < -0.39 is 0 Å². The van der Waals surface area contributed by atoms with Crippen LogP contribution < -0.4 is 4.90 Å². The van der Waals surface area contributed by atoms with Crippen molar-refractivity contribution in [2.75, 3.05) is 44.3 Å². The third kappa shape index (κ3) is 4.76. The molecule has 8 nitrogen and oxygen atoms in total. The molecule has 2 saturated heterocycles. The lowest BCUT2D eigenvalue weighted by atomic mass is 9.97. The molecule has 2 aromatic carbocycles. The van der Waals surface area contributed by atoms with Gasteiger partial charge >= 0.3 is 0 Å². The van der Waals surface area contributed by atoms with Gasteiger partial charge in [-0.3, -0.25) is 9.47 Å². The Balaban J connectivity index is 1.18. The van der Waals surface area contributed by atoms with E-state index in [4.69, 9.17) is 31.5 Å². The summed E-state index contributed by atoms with van der Waals surface area (Å²) in [4.78, 5) is 9.45. The molecule has 35 heavy (non-hydrogen) atoms. The molecule has 0 bridgehead atoms. The van der Waals surface area contributed by atoms with Gasteiger partial charge in [0.25, 0.3) is 0 Å². The molecule has 0 radical (unpaired) electrons. The van der Waals surface area contributed by atoms with Crippen molar-refractivity contribution < 1.29 is 9.15 Å². The fraction of sp³-hybridized carbons (Fsp3) is 0.423. The zero-order chi connectivity index (χ0) is 23.6. The van der Waals surface area contributed by atoms with Crippen LogP contribution in [0, 0.1) is 4.77 Å². The first-order chi connectivity index (χ1) is 17.2. The van der Waals surface area contributed by atoms with Crippen LogP contribution in [0.4, 0.5) is 5.95 Å². The predicted octanol–water partition coefficient (Wildman–Crippen LogP) is 4.28. The van der Waals surface area contributed by atoms with Crippen LogP contribution in [0.5, 0.6) is 0 Å². The molecule has 4 heterocycles. The Morgan fingerprint density at radius 1 is 0.914 bits per heavy atom. The van der Waals surface area contributed by atoms with Gasteiger partial charge in [0.05, 0.1) is 26.4 Å². The van der Waals surface area contributed by atoms with E-state index in [0.717, 1.165) is 66.7 Å². The highest BCUT2D eigenvalue weighted by Crippen LogP contribution is 2.30. The van der Waals surface area contributed by atoms with Gasteiger partial charge in [0.1, 0.15) is 5.52 Å². The van der Waals surface area contributed by atoms with Gasteiger partial charge in [-0.1, -0.05) is 42.5 Å². The highest BCUT2D eigenvalue weighted by molar-refractivity contribution is 7.71. The maximum Gasteiger partial charge on any atom is 0.226 e. The lowest BCUT2D eigenvalue weighted by Crippen LogP contribution is -2.38. The summed E-state index contributed by atoms with van der Waals surface area (Å²) < 4.78 is 16.5. The van der Waals surface area contributed by atoms with Crippen molar-refractivity contribution in [2.45, 2.75) is 32.0 Å². The van der Waals surface area contributed by atoms with Crippen LogP contribution in [0.15, 0.2) is 59.0 Å². The second-order valence-corrected chi connectivity index (χ2v) is 9.67. The van der Waals surface area contributed by atoms with Crippen molar-refractivity contribution in [3.63, 3.8) is 0 Å². The maximum absolute atomic E-state index is 6.04. The molecule has 2 aliphatic heterocycles. The SMILES string of the molecule is S=c1n(CN2CCC(c3nc4ccccc4o3)CC2)nc(N2CCOCC2)n1Cc1ccccc1. The van der Waals surface area contributed by atoms with Gasteiger partial charge in [-0.15, -0.1) is 5.10 Å². The van der Waals surface area contributed by atoms with Gasteiger partial charge in [-0.25, -0.2) is 9.67 Å². The Morgan fingerprint density at radius 2 is 1.66 bits per heavy atom. The monoisotopic (exact) mass is 490 g/mol. The Hall–Kier alpha value is -3.01. The Kier molecular flexibility index (Phi) is 6.37. The molecule has 0 spiro atoms. The number of nitrogens with zero attached hydrogens (tertiary/aromatic N) is 6. The molecule has 0 unspecified atom stereocenters. The van der Waals surface area contributed by atoms with Crippen LogP contribution in [0.25, 0.3) is 11.1 Å². The summed E-state index contributed by atoms with van der Waals surface area (Å²) in [5, 5.41) is 5.00. The standard InChI is InChI=1S/C26H30N6O2S/c35-26-31(18-20-6-2-1-3-7-20)25(30-14-16-33-17-15-30)28-32(26)19-29-12-10-21(11-13-29)24-27-22-8-4-5-9-23(22)34-24/h1-9,21H,10-19H2. The third-order valence-corrected chi connectivity index (χ3v) is 7.39. The van der Waals surface area contributed by atoms with E-state index in [2.05, 4.69) is 38.6 Å². The third-order valence-electron chi connectivity index (χ3n) is 6.96. The Morgan fingerprint density at radius 3 is 2.43 bits per heavy atom. The number of morpholine rings is 1. The minimum Gasteiger partial charge on any atom is -0.440 e. The molecule has 0 aliphatic carbocycles. The van der Waals surface area contributed by atoms with Crippen LogP contribution in [0.3, 0.4) is 0 Å². The van der Waals surface area contributed by atoms with Gasteiger partial charge in [0, 0.05) is 32.1 Å². The molecule has 0 atom stereocenters. The number of aromatic nitrogens is 4. The first kappa shape index (κ1) is 22.5. The van der Waals surface area contributed by atoms with E-state index >= 15 is 0 Å². The van der Waals surface area contributed by atoms with Gasteiger partial charge in [0.15, 0.2) is 11.5 Å². The molecule has 9 heteroatoms. The quantitative estimate of drug-likeness (QED) is 0.374. The summed E-state index contributed by atoms with van der Waals surface area (Å²) in [5.74, 6) is 2.15. The fourth-order valence-corrected chi connectivity index (χ4v) is 5.24. The molecule has 182 valence electrons. The molecular weight excluding hydrogens is 460 g/mol. The van der Waals surface area contributed by atoms with Gasteiger partial charge < -0.3 is 14.1 Å². The van der Waals surface area contributed by atoms with E-state index in [1.807, 2.05) is 35.0 Å². The summed E-state index contributed by atoms with van der Waals surface area (Å²) in [6.07, 6.45) is 2.03. The molecule has 4 aromatic rings. The highest BCUT2D eigenvalue weighted by atomic mass is 32.1. The number of para-hydroxylation sites is 2. The number of ether oxygens (including phenoxy) is 1. The molecule has 0 amide bonds. The van der Waals surface area contributed by atoms with Crippen LogP contribution in [-0.4, -0.2) is 63.6 Å². The van der Waals surface area contributed by atoms with Crippen LogP contribution >= 0.6 is 12.2 Å². The van der Waals surface area contributed by atoms with Crippen molar-refractivity contribution in [3.05, 3.63) is 70.8 Å². The molecule has 0 N–H and O–H groups in total. The number of fused-ring (bicyclic) bond motifs is 1. The first-order valence-electron chi connectivity index (χ1n) is 12.4. The normalized spacial score (nSPS) is 17.9. The zero-order valence-electron chi connectivity index (χ0n) is 19.8. The van der Waals surface area contributed by atoms with Crippen molar-refractivity contribution in [1.29, 1.82) is 0 Å². The van der Waals surface area contributed by atoms with Crippen LogP contribution in [0.2, 0.25) is 0 Å². The number of anilines is 1. The smallest absolute Gasteiger partial charge is 0.226 e. The predicted molar refractivity (Wildman–Crippen MR) is 137 cm³/mol. The highest BCUT2D eigenvalue weighted by Gasteiger charge is 2.26. The fourth-order valence-electron chi connectivity index (χ4n) is 5.00. The lowest BCUT2D eigenvalue weighted by molar-refractivity contribution is 0.121. The van der Waals surface area contributed by atoms with Gasteiger partial charge in [-0.2, -0.15) is 0 Å². The summed E-state index contributed by atoms with van der Waals surface area (Å²) in [6, 6.07) is 18.4. The Labute approximate surface area is 209 Å². The van der Waals surface area contributed by atoms with E-state index in [1.54, 1.807) is 0 Å². The largest absolute Gasteiger partial charge is 0.440 e. The first-order valence-corrected chi connectivity index (χ1v) is 12.8. The van der Waals surface area contributed by atoms with Crippen LogP contribution in [0.1, 0.15) is 30.2 Å². The number of benzene rings is 2. The van der Waals surface area contributed by atoms with Crippen molar-refractivity contribution >= 4 is 29.3 Å². The molecule has 2 aromatic heterocycles. The second kappa shape index (κ2) is 9.93. The number of oxazole rings is 1. The Bertz CT molecular complexity index is 1300. The number of hydrogen-bond donors (Lipinski definition) is 0. The summed E-state index contributed by atoms with van der Waals surface area (Å²) in [7, 11) is 0. The van der Waals surface area contributed by atoms with Gasteiger partial charge in [0.2, 0.25) is 10.7 Å². The average molecular weight is 491 g/mol. The minimum absolute atomic E-state index is 0.353. The number of likely N-dealkylation sites (tertiary alicyclic amines) is 1. The molecule has 2 fully saturated rings. The van der Waals surface area contributed by atoms with Crippen molar-refractivity contribution in [1.82, 2.24) is 24.2 Å². The molecule has 2 aliphatic rings. The summed E-state index contributed by atoms with van der Waals surface area (Å²) in [6.45, 7) is 6.42. The lowest BCUT2D eigenvalue weighted by Gasteiger charge is -2.30. The molecule has 0 saturated carbocycles. The maximum atomic E-state index is 6.04. The summed E-state index contributed by atoms with van der Waals surface area (Å²) in [5.41, 5.74) is 3.03. The van der Waals surface area contributed by atoms with E-state index in [-0.39, 0.29) is 0 Å². The van der Waals surface area contributed by atoms with Crippen LogP contribution in [-0.2, 0) is 18.0 Å². The van der Waals surface area contributed by atoms with E-state index in [1.165, 1.54) is 5.56 Å². The average Bonchev–Trinajstić information content (AvgIpc) is 3.47. The zero-order valence-corrected chi connectivity index (χ0v) is 20.6. The van der Waals surface area contributed by atoms with E-state index in [0.29, 0.717) is 32.3 Å². The van der Waals surface area contributed by atoms with Gasteiger partial charge in [-0.05, 0) is 42.8 Å². The molecular formula is C26H30N6O2S. The van der Waals surface area contributed by atoms with E-state index in [9.17, 15) is 0 Å². The number of piperidine rings is 1. The number of rotatable bonds is 6.